The lowest BCUT2D eigenvalue weighted by Gasteiger charge is -2.17. The van der Waals surface area contributed by atoms with Crippen LogP contribution in [-0.4, -0.2) is 40.9 Å². The molecule has 1 aromatic heterocycles. The molecule has 2 aromatic carbocycles. The molecule has 0 aliphatic carbocycles. The monoisotopic (exact) mass is 551 g/mol. The van der Waals surface area contributed by atoms with Crippen molar-refractivity contribution in [3.63, 3.8) is 0 Å². The molecular formula is C27H29N5O4S2. The van der Waals surface area contributed by atoms with E-state index in [9.17, 15) is 19.2 Å². The summed E-state index contributed by atoms with van der Waals surface area (Å²) < 4.78 is 0. The molecule has 9 nitrogen and oxygen atoms in total. The average molecular weight is 552 g/mol. The lowest BCUT2D eigenvalue weighted by Crippen LogP contribution is -2.28. The van der Waals surface area contributed by atoms with Crippen molar-refractivity contribution in [2.45, 2.75) is 32.9 Å². The third kappa shape index (κ3) is 7.20. The van der Waals surface area contributed by atoms with Crippen molar-refractivity contribution in [2.24, 2.45) is 5.92 Å². The number of carbonyl (C=O) groups excluding carboxylic acids is 4. The Morgan fingerprint density at radius 2 is 1.74 bits per heavy atom. The number of rotatable bonds is 9. The molecule has 11 heteroatoms. The van der Waals surface area contributed by atoms with Crippen molar-refractivity contribution in [3.8, 4) is 0 Å². The zero-order chi connectivity index (χ0) is 27.2. The van der Waals surface area contributed by atoms with Gasteiger partial charge in [-0.15, -0.1) is 23.1 Å². The predicted octanol–water partition coefficient (Wildman–Crippen LogP) is 4.58. The number of hydrogen-bond acceptors (Lipinski definition) is 7. The number of aryl methyl sites for hydroxylation is 2. The lowest BCUT2D eigenvalue weighted by molar-refractivity contribution is -0.122. The summed E-state index contributed by atoms with van der Waals surface area (Å²) in [6.07, 6.45) is 0.165. The molecule has 38 heavy (non-hydrogen) atoms. The smallest absolute Gasteiger partial charge is 0.234 e. The number of carbonyl (C=O) groups is 4. The molecule has 0 spiro atoms. The highest BCUT2D eigenvalue weighted by atomic mass is 32.2. The van der Waals surface area contributed by atoms with Gasteiger partial charge in [-0.25, -0.2) is 4.98 Å². The molecule has 1 saturated heterocycles. The molecule has 0 saturated carbocycles. The Kier molecular flexibility index (Phi) is 8.80. The summed E-state index contributed by atoms with van der Waals surface area (Å²) in [6, 6.07) is 12.8. The van der Waals surface area contributed by atoms with Crippen molar-refractivity contribution in [1.82, 2.24) is 4.98 Å². The number of benzene rings is 2. The first kappa shape index (κ1) is 27.3. The fraction of sp³-hybridized carbons (Fsp3) is 0.296. The minimum absolute atomic E-state index is 0.0634. The van der Waals surface area contributed by atoms with Gasteiger partial charge >= 0.3 is 0 Å². The number of thiazole rings is 1. The molecule has 1 aliphatic rings. The third-order valence-corrected chi connectivity index (χ3v) is 7.82. The first-order valence-electron chi connectivity index (χ1n) is 12.1. The topological polar surface area (TPSA) is 120 Å². The Labute approximate surface area is 229 Å². The Bertz CT molecular complexity index is 1360. The number of aromatic nitrogens is 1. The van der Waals surface area contributed by atoms with Crippen LogP contribution in [0.1, 0.15) is 30.2 Å². The highest BCUT2D eigenvalue weighted by Crippen LogP contribution is 2.28. The molecule has 0 bridgehead atoms. The van der Waals surface area contributed by atoms with Gasteiger partial charge in [0.15, 0.2) is 5.13 Å². The van der Waals surface area contributed by atoms with E-state index in [0.717, 1.165) is 22.5 Å². The van der Waals surface area contributed by atoms with Crippen molar-refractivity contribution < 1.29 is 19.2 Å². The van der Waals surface area contributed by atoms with Gasteiger partial charge in [-0.3, -0.25) is 19.2 Å². The van der Waals surface area contributed by atoms with Crippen LogP contribution in [0, 0.1) is 19.8 Å². The highest BCUT2D eigenvalue weighted by Gasteiger charge is 2.35. The number of anilines is 4. The van der Waals surface area contributed by atoms with E-state index in [1.165, 1.54) is 30.0 Å². The Morgan fingerprint density at radius 1 is 1.03 bits per heavy atom. The van der Waals surface area contributed by atoms with E-state index in [-0.39, 0.29) is 35.8 Å². The van der Waals surface area contributed by atoms with E-state index in [4.69, 9.17) is 0 Å². The Hall–Kier alpha value is -3.70. The van der Waals surface area contributed by atoms with Crippen LogP contribution in [0.5, 0.6) is 0 Å². The molecular weight excluding hydrogens is 522 g/mol. The molecule has 1 atom stereocenters. The largest absolute Gasteiger partial charge is 0.326 e. The normalized spacial score (nSPS) is 14.9. The second-order valence-corrected chi connectivity index (χ2v) is 11.0. The average Bonchev–Trinajstić information content (AvgIpc) is 3.48. The summed E-state index contributed by atoms with van der Waals surface area (Å²) >= 11 is 2.73. The van der Waals surface area contributed by atoms with E-state index in [0.29, 0.717) is 28.8 Å². The fourth-order valence-electron chi connectivity index (χ4n) is 3.95. The quantitative estimate of drug-likeness (QED) is 0.358. The first-order chi connectivity index (χ1) is 18.2. The van der Waals surface area contributed by atoms with Gasteiger partial charge in [0.05, 0.1) is 17.4 Å². The maximum Gasteiger partial charge on any atom is 0.234 e. The van der Waals surface area contributed by atoms with Gasteiger partial charge in [0, 0.05) is 48.1 Å². The summed E-state index contributed by atoms with van der Waals surface area (Å²) in [5.74, 6) is -0.272. The molecule has 4 amide bonds. The van der Waals surface area contributed by atoms with Crippen molar-refractivity contribution in [3.05, 3.63) is 64.7 Å². The van der Waals surface area contributed by atoms with Crippen molar-refractivity contribution in [1.29, 1.82) is 0 Å². The van der Waals surface area contributed by atoms with E-state index in [1.807, 2.05) is 37.4 Å². The highest BCUT2D eigenvalue weighted by molar-refractivity contribution is 7.99. The van der Waals surface area contributed by atoms with Gasteiger partial charge in [0.1, 0.15) is 0 Å². The summed E-state index contributed by atoms with van der Waals surface area (Å²) in [5, 5.41) is 10.7. The SMILES string of the molecule is CC(=O)Nc1ccc(NC(=O)CSCc2csc(NC(=O)C3CC(=O)N(c4ccc(C)c(C)c4)C3)n2)cc1. The van der Waals surface area contributed by atoms with Crippen LogP contribution in [0.15, 0.2) is 47.8 Å². The van der Waals surface area contributed by atoms with Crippen LogP contribution >= 0.6 is 23.1 Å². The van der Waals surface area contributed by atoms with E-state index < -0.39 is 5.92 Å². The van der Waals surface area contributed by atoms with Crippen LogP contribution in [0.25, 0.3) is 0 Å². The van der Waals surface area contributed by atoms with Crippen molar-refractivity contribution >= 4 is 68.9 Å². The second-order valence-electron chi connectivity index (χ2n) is 9.11. The summed E-state index contributed by atoms with van der Waals surface area (Å²) in [7, 11) is 0. The predicted molar refractivity (Wildman–Crippen MR) is 153 cm³/mol. The molecule has 1 unspecified atom stereocenters. The van der Waals surface area contributed by atoms with Crippen LogP contribution in [0.3, 0.4) is 0 Å². The molecule has 198 valence electrons. The third-order valence-electron chi connectivity index (χ3n) is 6.05. The van der Waals surface area contributed by atoms with Gasteiger partial charge in [0.2, 0.25) is 23.6 Å². The number of hydrogen-bond donors (Lipinski definition) is 3. The van der Waals surface area contributed by atoms with E-state index >= 15 is 0 Å². The second kappa shape index (κ2) is 12.2. The molecule has 4 rings (SSSR count). The maximum atomic E-state index is 12.8. The van der Waals surface area contributed by atoms with Gasteiger partial charge < -0.3 is 20.9 Å². The number of thioether (sulfide) groups is 1. The minimum Gasteiger partial charge on any atom is -0.326 e. The summed E-state index contributed by atoms with van der Waals surface area (Å²) in [4.78, 5) is 54.8. The maximum absolute atomic E-state index is 12.8. The van der Waals surface area contributed by atoms with Crippen LogP contribution in [0.2, 0.25) is 0 Å². The summed E-state index contributed by atoms with van der Waals surface area (Å²) in [5.41, 5.74) is 5.14. The standard InChI is InChI=1S/C27H29N5O4S2/c1-16-4-9-23(10-17(16)2)32-12-19(11-25(32)35)26(36)31-27-30-22(14-38-27)13-37-15-24(34)29-21-7-5-20(6-8-21)28-18(3)33/h4-10,14,19H,11-13,15H2,1-3H3,(H,28,33)(H,29,34)(H,30,31,36). The van der Waals surface area contributed by atoms with Crippen LogP contribution < -0.4 is 20.9 Å². The lowest BCUT2D eigenvalue weighted by atomic mass is 10.1. The van der Waals surface area contributed by atoms with Gasteiger partial charge in [-0.05, 0) is 61.4 Å². The Morgan fingerprint density at radius 3 is 2.42 bits per heavy atom. The van der Waals surface area contributed by atoms with Gasteiger partial charge in [0.25, 0.3) is 0 Å². The van der Waals surface area contributed by atoms with Gasteiger partial charge in [-0.2, -0.15) is 0 Å². The molecule has 1 fully saturated rings. The van der Waals surface area contributed by atoms with E-state index in [2.05, 4.69) is 20.9 Å². The van der Waals surface area contributed by atoms with E-state index in [1.54, 1.807) is 29.2 Å². The van der Waals surface area contributed by atoms with Crippen LogP contribution in [-0.2, 0) is 24.9 Å². The van der Waals surface area contributed by atoms with Crippen LogP contribution in [0.4, 0.5) is 22.2 Å². The summed E-state index contributed by atoms with van der Waals surface area (Å²) in [6.45, 7) is 5.80. The number of nitrogens with one attached hydrogen (secondary N) is 3. The fourth-order valence-corrected chi connectivity index (χ4v) is 5.49. The Balaban J connectivity index is 1.21. The molecule has 3 aromatic rings. The molecule has 0 radical (unpaired) electrons. The van der Waals surface area contributed by atoms with Gasteiger partial charge in [-0.1, -0.05) is 6.07 Å². The zero-order valence-corrected chi connectivity index (χ0v) is 23.0. The molecule has 1 aliphatic heterocycles. The minimum atomic E-state index is -0.443. The zero-order valence-electron chi connectivity index (χ0n) is 21.4. The molecule has 2 heterocycles. The first-order valence-corrected chi connectivity index (χ1v) is 14.1. The molecule has 3 N–H and O–H groups in total. The van der Waals surface area contributed by atoms with Crippen molar-refractivity contribution in [2.75, 3.05) is 33.1 Å². The number of nitrogens with zero attached hydrogens (tertiary/aromatic N) is 2. The number of amides is 4.